The van der Waals surface area contributed by atoms with Gasteiger partial charge in [-0.1, -0.05) is 29.4 Å². The van der Waals surface area contributed by atoms with Crippen LogP contribution in [0.1, 0.15) is 18.4 Å². The van der Waals surface area contributed by atoms with Crippen molar-refractivity contribution in [1.29, 1.82) is 0 Å². The van der Waals surface area contributed by atoms with Crippen molar-refractivity contribution in [2.75, 3.05) is 39.5 Å². The number of hydrogen-bond donors (Lipinski definition) is 0. The molecular formula is C23H29N3O2S2. The van der Waals surface area contributed by atoms with Gasteiger partial charge in [0.05, 0.1) is 10.2 Å². The van der Waals surface area contributed by atoms with E-state index in [2.05, 4.69) is 52.6 Å². The van der Waals surface area contributed by atoms with Crippen molar-refractivity contribution in [3.8, 4) is 16.7 Å². The lowest BCUT2D eigenvalue weighted by molar-refractivity contribution is 0.212. The van der Waals surface area contributed by atoms with E-state index in [4.69, 9.17) is 9.47 Å². The van der Waals surface area contributed by atoms with Crippen LogP contribution in [0.25, 0.3) is 10.2 Å². The summed E-state index contributed by atoms with van der Waals surface area (Å²) in [6.45, 7) is 5.98. The molecule has 5 nitrogen and oxygen atoms in total. The second-order valence-corrected chi connectivity index (χ2v) is 9.58. The Morgan fingerprint density at radius 3 is 2.80 bits per heavy atom. The Hall–Kier alpha value is -1.80. The van der Waals surface area contributed by atoms with Crippen LogP contribution in [0.5, 0.6) is 16.7 Å². The Morgan fingerprint density at radius 1 is 1.20 bits per heavy atom. The zero-order valence-corrected chi connectivity index (χ0v) is 19.5. The molecule has 2 aromatic carbocycles. The number of aromatic nitrogens is 1. The second-order valence-electron chi connectivity index (χ2n) is 7.75. The first-order valence-electron chi connectivity index (χ1n) is 10.4. The second kappa shape index (κ2) is 10.0. The van der Waals surface area contributed by atoms with Crippen molar-refractivity contribution < 1.29 is 9.47 Å². The van der Waals surface area contributed by atoms with E-state index in [1.807, 2.05) is 36.2 Å². The number of ether oxygens (including phenoxy) is 2. The lowest BCUT2D eigenvalue weighted by atomic mass is 10.2. The van der Waals surface area contributed by atoms with E-state index in [0.717, 1.165) is 34.8 Å². The number of hydrogen-bond acceptors (Lipinski definition) is 7. The van der Waals surface area contributed by atoms with E-state index in [-0.39, 0.29) is 0 Å². The maximum atomic E-state index is 5.93. The van der Waals surface area contributed by atoms with Crippen LogP contribution in [0.2, 0.25) is 0 Å². The van der Waals surface area contributed by atoms with Crippen LogP contribution in [0.3, 0.4) is 0 Å². The van der Waals surface area contributed by atoms with Gasteiger partial charge < -0.3 is 14.4 Å². The zero-order valence-electron chi connectivity index (χ0n) is 17.8. The van der Waals surface area contributed by atoms with Crippen LogP contribution < -0.4 is 9.47 Å². The molecule has 0 N–H and O–H groups in total. The first kappa shape index (κ1) is 21.4. The molecule has 1 aromatic heterocycles. The molecule has 1 fully saturated rings. The van der Waals surface area contributed by atoms with E-state index < -0.39 is 0 Å². The van der Waals surface area contributed by atoms with Crippen molar-refractivity contribution in [3.05, 3.63) is 48.0 Å². The van der Waals surface area contributed by atoms with Gasteiger partial charge in [0.2, 0.25) is 0 Å². The van der Waals surface area contributed by atoms with Crippen LogP contribution >= 0.6 is 23.3 Å². The molecule has 30 heavy (non-hydrogen) atoms. The van der Waals surface area contributed by atoms with Crippen molar-refractivity contribution in [2.24, 2.45) is 0 Å². The van der Waals surface area contributed by atoms with Gasteiger partial charge in [0.25, 0.3) is 5.19 Å². The predicted octanol–water partition coefficient (Wildman–Crippen LogP) is 5.45. The predicted molar refractivity (Wildman–Crippen MR) is 127 cm³/mol. The topological polar surface area (TPSA) is 37.8 Å². The summed E-state index contributed by atoms with van der Waals surface area (Å²) in [4.78, 5) is 6.93. The first-order valence-corrected chi connectivity index (χ1v) is 12.4. The first-order chi connectivity index (χ1) is 14.6. The van der Waals surface area contributed by atoms with Gasteiger partial charge in [0, 0.05) is 25.7 Å². The highest BCUT2D eigenvalue weighted by atomic mass is 32.2. The lowest BCUT2D eigenvalue weighted by Crippen LogP contribution is -2.37. The van der Waals surface area contributed by atoms with Crippen molar-refractivity contribution >= 4 is 33.5 Å². The molecule has 0 spiro atoms. The van der Waals surface area contributed by atoms with E-state index in [1.54, 1.807) is 11.3 Å². The molecule has 0 radical (unpaired) electrons. The molecule has 0 aliphatic carbocycles. The highest BCUT2D eigenvalue weighted by Gasteiger charge is 2.24. The maximum absolute atomic E-state index is 5.93. The molecule has 1 aliphatic heterocycles. The van der Waals surface area contributed by atoms with E-state index in [0.29, 0.717) is 17.8 Å². The molecule has 1 saturated heterocycles. The van der Waals surface area contributed by atoms with Gasteiger partial charge in [-0.2, -0.15) is 0 Å². The zero-order chi connectivity index (χ0) is 20.9. The summed E-state index contributed by atoms with van der Waals surface area (Å²) in [7, 11) is 2.18. The third kappa shape index (κ3) is 5.46. The molecule has 1 atom stereocenters. The Morgan fingerprint density at radius 2 is 2.00 bits per heavy atom. The summed E-state index contributed by atoms with van der Waals surface area (Å²) < 4.78 is 15.5. The molecule has 0 amide bonds. The minimum atomic E-state index is 0.660. The maximum Gasteiger partial charge on any atom is 0.279 e. The van der Waals surface area contributed by atoms with Crippen LogP contribution in [-0.2, 0) is 0 Å². The smallest absolute Gasteiger partial charge is 0.279 e. The number of likely N-dealkylation sites (N-methyl/N-ethyl adjacent to an activating group) is 1. The van der Waals surface area contributed by atoms with Crippen molar-refractivity contribution in [1.82, 2.24) is 14.2 Å². The van der Waals surface area contributed by atoms with Gasteiger partial charge in [0.15, 0.2) is 0 Å². The molecule has 4 rings (SSSR count). The van der Waals surface area contributed by atoms with Gasteiger partial charge in [0.1, 0.15) is 18.1 Å². The molecule has 0 saturated carbocycles. The van der Waals surface area contributed by atoms with Gasteiger partial charge in [-0.15, -0.1) is 0 Å². The summed E-state index contributed by atoms with van der Waals surface area (Å²) in [5.74, 6) is 1.64. The van der Waals surface area contributed by atoms with E-state index >= 15 is 0 Å². The Balaban J connectivity index is 1.24. The fourth-order valence-corrected chi connectivity index (χ4v) is 5.36. The monoisotopic (exact) mass is 443 g/mol. The van der Waals surface area contributed by atoms with Gasteiger partial charge >= 0.3 is 0 Å². The minimum Gasteiger partial charge on any atom is -0.492 e. The van der Waals surface area contributed by atoms with Crippen LogP contribution in [0.15, 0.2) is 42.5 Å². The fourth-order valence-electron chi connectivity index (χ4n) is 3.77. The number of thiazole rings is 1. The van der Waals surface area contributed by atoms with Crippen LogP contribution in [0.4, 0.5) is 0 Å². The Kier molecular flexibility index (Phi) is 7.15. The molecule has 1 unspecified atom stereocenters. The van der Waals surface area contributed by atoms with Gasteiger partial charge in [-0.05, 0) is 75.0 Å². The molecule has 7 heteroatoms. The fraction of sp³-hybridized carbons (Fsp3) is 0.435. The van der Waals surface area contributed by atoms with E-state index in [1.165, 1.54) is 24.9 Å². The molecule has 2 heterocycles. The van der Waals surface area contributed by atoms with E-state index in [9.17, 15) is 0 Å². The molecule has 3 aromatic rings. The number of rotatable bonds is 9. The van der Waals surface area contributed by atoms with Gasteiger partial charge in [-0.25, -0.2) is 9.29 Å². The standard InChI is InChI=1S/C23H29N3O2S2/c1-17-6-11-22-21(15-17)24-23(30-22)28-20-9-7-19(8-10-20)27-14-13-25(2)16-18-5-4-12-26(18)29-3/h6-11,15,18H,4-5,12-14,16H2,1-3H3. The number of benzene rings is 2. The SMILES string of the molecule is CSN1CCCC1CN(C)CCOc1ccc(Oc2nc3cc(C)ccc3s2)cc1. The van der Waals surface area contributed by atoms with Crippen LogP contribution in [-0.4, -0.2) is 59.8 Å². The lowest BCUT2D eigenvalue weighted by Gasteiger charge is -2.26. The average molecular weight is 444 g/mol. The molecule has 160 valence electrons. The Bertz CT molecular complexity index is 961. The summed E-state index contributed by atoms with van der Waals surface area (Å²) >= 11 is 3.43. The highest BCUT2D eigenvalue weighted by Crippen LogP contribution is 2.32. The average Bonchev–Trinajstić information content (AvgIpc) is 3.34. The van der Waals surface area contributed by atoms with Crippen molar-refractivity contribution in [3.63, 3.8) is 0 Å². The minimum absolute atomic E-state index is 0.660. The number of aryl methyl sites for hydroxylation is 1. The van der Waals surface area contributed by atoms with Crippen LogP contribution in [0, 0.1) is 6.92 Å². The molecule has 1 aliphatic rings. The third-order valence-corrected chi connectivity index (χ3v) is 7.24. The number of nitrogens with zero attached hydrogens (tertiary/aromatic N) is 3. The Labute approximate surface area is 187 Å². The number of fused-ring (bicyclic) bond motifs is 1. The van der Waals surface area contributed by atoms with Crippen molar-refractivity contribution in [2.45, 2.75) is 25.8 Å². The normalized spacial score (nSPS) is 17.1. The quantitative estimate of drug-likeness (QED) is 0.410. The summed E-state index contributed by atoms with van der Waals surface area (Å²) in [6.07, 6.45) is 4.77. The molecule has 0 bridgehead atoms. The molecular weight excluding hydrogens is 414 g/mol. The summed E-state index contributed by atoms with van der Waals surface area (Å²) in [5.41, 5.74) is 2.19. The van der Waals surface area contributed by atoms with Gasteiger partial charge in [-0.3, -0.25) is 0 Å². The third-order valence-electron chi connectivity index (χ3n) is 5.37. The highest BCUT2D eigenvalue weighted by molar-refractivity contribution is 7.96. The largest absolute Gasteiger partial charge is 0.492 e. The summed E-state index contributed by atoms with van der Waals surface area (Å²) in [5, 5.41) is 0.664. The summed E-state index contributed by atoms with van der Waals surface area (Å²) in [6, 6.07) is 14.7.